The minimum Gasteiger partial charge on any atom is -0.294 e. The zero-order chi connectivity index (χ0) is 12.4. The highest BCUT2D eigenvalue weighted by Crippen LogP contribution is 2.24. The minimum absolute atomic E-state index is 0.00543. The molecule has 0 spiro atoms. The summed E-state index contributed by atoms with van der Waals surface area (Å²) in [5, 5.41) is 1.76. The van der Waals surface area contributed by atoms with Gasteiger partial charge in [-0.3, -0.25) is 9.59 Å². The zero-order valence-electron chi connectivity index (χ0n) is 9.69. The average molecular weight is 244 g/mol. The second kappa shape index (κ2) is 4.63. The Balaban J connectivity index is 2.42. The molecule has 2 nitrogen and oxygen atoms in total. The lowest BCUT2D eigenvalue weighted by Gasteiger charge is -2.00. The van der Waals surface area contributed by atoms with E-state index in [9.17, 15) is 9.59 Å². The molecule has 0 aliphatic rings. The number of carbonyl (C=O) groups excluding carboxylic acids is 2. The highest BCUT2D eigenvalue weighted by atomic mass is 32.1. The molecule has 2 rings (SSSR count). The van der Waals surface area contributed by atoms with E-state index in [-0.39, 0.29) is 11.6 Å². The highest BCUT2D eigenvalue weighted by molar-refractivity contribution is 7.12. The molecule has 1 aromatic heterocycles. The summed E-state index contributed by atoms with van der Waals surface area (Å²) in [7, 11) is 0. The fourth-order valence-electron chi connectivity index (χ4n) is 1.71. The van der Waals surface area contributed by atoms with Gasteiger partial charge in [0.2, 0.25) is 5.78 Å². The monoisotopic (exact) mass is 244 g/mol. The maximum atomic E-state index is 12.2. The molecule has 0 radical (unpaired) electrons. The van der Waals surface area contributed by atoms with Crippen LogP contribution in [0.1, 0.15) is 38.1 Å². The Labute approximate surface area is 104 Å². The van der Waals surface area contributed by atoms with Crippen molar-refractivity contribution in [1.29, 1.82) is 0 Å². The number of rotatable bonds is 3. The zero-order valence-corrected chi connectivity index (χ0v) is 10.5. The molecule has 0 bridgehead atoms. The number of benzene rings is 1. The van der Waals surface area contributed by atoms with Crippen LogP contribution < -0.4 is 0 Å². The second-order valence-corrected chi connectivity index (χ2v) is 4.73. The number of carbonyl (C=O) groups is 2. The summed E-state index contributed by atoms with van der Waals surface area (Å²) in [6.45, 7) is 3.34. The molecule has 0 saturated heterocycles. The van der Waals surface area contributed by atoms with Gasteiger partial charge in [0.1, 0.15) is 0 Å². The van der Waals surface area contributed by atoms with Crippen LogP contribution in [0.4, 0.5) is 0 Å². The van der Waals surface area contributed by atoms with Crippen LogP contribution in [-0.4, -0.2) is 11.6 Å². The van der Waals surface area contributed by atoms with Crippen molar-refractivity contribution in [1.82, 2.24) is 0 Å². The molecule has 3 heteroatoms. The first-order valence-corrected chi connectivity index (χ1v) is 6.18. The first-order chi connectivity index (χ1) is 8.11. The van der Waals surface area contributed by atoms with Gasteiger partial charge in [-0.2, -0.15) is 0 Å². The molecule has 0 atom stereocenters. The van der Waals surface area contributed by atoms with Crippen molar-refractivity contribution in [3.05, 3.63) is 57.3 Å². The van der Waals surface area contributed by atoms with Crippen molar-refractivity contribution in [2.24, 2.45) is 0 Å². The molecule has 0 aliphatic carbocycles. The Morgan fingerprint density at radius 1 is 1.12 bits per heavy atom. The Kier molecular flexibility index (Phi) is 3.20. The second-order valence-electron chi connectivity index (χ2n) is 3.85. The summed E-state index contributed by atoms with van der Waals surface area (Å²) in [6.07, 6.45) is 0. The Morgan fingerprint density at radius 3 is 2.29 bits per heavy atom. The SMILES string of the molecule is CC(=O)c1csc(C(=O)c2ccccc2)c1C. The van der Waals surface area contributed by atoms with Crippen LogP contribution in [0, 0.1) is 6.92 Å². The van der Waals surface area contributed by atoms with Crippen molar-refractivity contribution in [2.75, 3.05) is 0 Å². The topological polar surface area (TPSA) is 34.1 Å². The lowest BCUT2D eigenvalue weighted by molar-refractivity contribution is 0.101. The van der Waals surface area contributed by atoms with Gasteiger partial charge in [-0.05, 0) is 19.4 Å². The number of ketones is 2. The predicted octanol–water partition coefficient (Wildman–Crippen LogP) is 3.49. The normalized spacial score (nSPS) is 10.2. The van der Waals surface area contributed by atoms with Gasteiger partial charge in [-0.1, -0.05) is 30.3 Å². The third kappa shape index (κ3) is 2.19. The van der Waals surface area contributed by atoms with E-state index in [0.29, 0.717) is 16.0 Å². The van der Waals surface area contributed by atoms with E-state index in [1.54, 1.807) is 17.5 Å². The molecule has 0 aliphatic heterocycles. The first kappa shape index (κ1) is 11.7. The third-order valence-corrected chi connectivity index (χ3v) is 3.74. The Hall–Kier alpha value is -1.74. The highest BCUT2D eigenvalue weighted by Gasteiger charge is 2.17. The van der Waals surface area contributed by atoms with E-state index >= 15 is 0 Å². The van der Waals surface area contributed by atoms with Crippen LogP contribution in [0.25, 0.3) is 0 Å². The largest absolute Gasteiger partial charge is 0.294 e. The number of thiophene rings is 1. The van der Waals surface area contributed by atoms with Gasteiger partial charge in [0.05, 0.1) is 4.88 Å². The van der Waals surface area contributed by atoms with Crippen LogP contribution in [0.15, 0.2) is 35.7 Å². The van der Waals surface area contributed by atoms with Crippen molar-refractivity contribution in [2.45, 2.75) is 13.8 Å². The van der Waals surface area contributed by atoms with Crippen molar-refractivity contribution in [3.8, 4) is 0 Å². The average Bonchev–Trinajstić information content (AvgIpc) is 2.71. The van der Waals surface area contributed by atoms with Crippen LogP contribution >= 0.6 is 11.3 Å². The van der Waals surface area contributed by atoms with E-state index in [2.05, 4.69) is 0 Å². The molecule has 0 saturated carbocycles. The molecule has 0 unspecified atom stereocenters. The Bertz CT molecular complexity index is 567. The van der Waals surface area contributed by atoms with Gasteiger partial charge in [-0.25, -0.2) is 0 Å². The molecule has 1 heterocycles. The lowest BCUT2D eigenvalue weighted by Crippen LogP contribution is -2.01. The summed E-state index contributed by atoms with van der Waals surface area (Å²) in [5.74, 6) is -0.00791. The maximum absolute atomic E-state index is 12.2. The van der Waals surface area contributed by atoms with Gasteiger partial charge in [0, 0.05) is 16.5 Å². The van der Waals surface area contributed by atoms with Crippen LogP contribution in [0.5, 0.6) is 0 Å². The summed E-state index contributed by atoms with van der Waals surface area (Å²) in [4.78, 5) is 24.2. The van der Waals surface area contributed by atoms with Gasteiger partial charge in [0.25, 0.3) is 0 Å². The predicted molar refractivity (Wildman–Crippen MR) is 68.9 cm³/mol. The molecule has 0 amide bonds. The molecule has 2 aromatic rings. The van der Waals surface area contributed by atoms with E-state index in [4.69, 9.17) is 0 Å². The van der Waals surface area contributed by atoms with E-state index < -0.39 is 0 Å². The Morgan fingerprint density at radius 2 is 1.76 bits per heavy atom. The number of hydrogen-bond donors (Lipinski definition) is 0. The molecule has 86 valence electrons. The quantitative estimate of drug-likeness (QED) is 0.774. The third-order valence-electron chi connectivity index (χ3n) is 2.66. The molecule has 0 fully saturated rings. The fraction of sp³-hybridized carbons (Fsp3) is 0.143. The van der Waals surface area contributed by atoms with Crippen LogP contribution in [-0.2, 0) is 0 Å². The van der Waals surface area contributed by atoms with Crippen molar-refractivity contribution in [3.63, 3.8) is 0 Å². The summed E-state index contributed by atoms with van der Waals surface area (Å²) < 4.78 is 0. The van der Waals surface area contributed by atoms with Crippen LogP contribution in [0.2, 0.25) is 0 Å². The fourth-order valence-corrected chi connectivity index (χ4v) is 2.80. The molecule has 17 heavy (non-hydrogen) atoms. The summed E-state index contributed by atoms with van der Waals surface area (Å²) in [5.41, 5.74) is 2.10. The van der Waals surface area contributed by atoms with Crippen molar-refractivity contribution >= 4 is 22.9 Å². The van der Waals surface area contributed by atoms with Gasteiger partial charge in [0.15, 0.2) is 5.78 Å². The van der Waals surface area contributed by atoms with Crippen molar-refractivity contribution < 1.29 is 9.59 Å². The van der Waals surface area contributed by atoms with Gasteiger partial charge in [-0.15, -0.1) is 11.3 Å². The number of Topliss-reactive ketones (excluding diaryl/α,β-unsaturated/α-hetero) is 1. The molecule has 0 N–H and O–H groups in total. The molecule has 1 aromatic carbocycles. The smallest absolute Gasteiger partial charge is 0.203 e. The maximum Gasteiger partial charge on any atom is 0.203 e. The van der Waals surface area contributed by atoms with E-state index in [0.717, 1.165) is 5.56 Å². The van der Waals surface area contributed by atoms with Gasteiger partial charge >= 0.3 is 0 Å². The molecular formula is C14H12O2S. The summed E-state index contributed by atoms with van der Waals surface area (Å²) >= 11 is 1.34. The van der Waals surface area contributed by atoms with E-state index in [1.807, 2.05) is 25.1 Å². The van der Waals surface area contributed by atoms with Gasteiger partial charge < -0.3 is 0 Å². The lowest BCUT2D eigenvalue weighted by atomic mass is 10.0. The first-order valence-electron chi connectivity index (χ1n) is 5.30. The summed E-state index contributed by atoms with van der Waals surface area (Å²) in [6, 6.07) is 9.12. The number of hydrogen-bond acceptors (Lipinski definition) is 3. The van der Waals surface area contributed by atoms with Crippen LogP contribution in [0.3, 0.4) is 0 Å². The minimum atomic E-state index is -0.0133. The standard InChI is InChI=1S/C14H12O2S/c1-9-12(10(2)15)8-17-14(9)13(16)11-6-4-3-5-7-11/h3-8H,1-2H3. The van der Waals surface area contributed by atoms with E-state index in [1.165, 1.54) is 18.3 Å². The molecular weight excluding hydrogens is 232 g/mol.